The molecule has 0 bridgehead atoms. The number of carbonyl (C=O) groups is 1. The number of hydrogen-bond donors (Lipinski definition) is 1. The third kappa shape index (κ3) is 2.84. The van der Waals surface area contributed by atoms with Crippen LogP contribution in [0.15, 0.2) is 11.8 Å². The van der Waals surface area contributed by atoms with E-state index in [4.69, 9.17) is 4.74 Å². The first-order valence-corrected chi connectivity index (χ1v) is 5.46. The van der Waals surface area contributed by atoms with Crippen LogP contribution in [0.5, 0.6) is 0 Å². The molecule has 3 heteroatoms. The average molecular weight is 195 g/mol. The minimum atomic E-state index is 0.151. The molecule has 0 spiro atoms. The minimum absolute atomic E-state index is 0.151. The van der Waals surface area contributed by atoms with E-state index in [1.165, 1.54) is 12.8 Å². The minimum Gasteiger partial charge on any atom is -0.490 e. The van der Waals surface area contributed by atoms with Crippen molar-refractivity contribution in [2.45, 2.75) is 38.1 Å². The van der Waals surface area contributed by atoms with Gasteiger partial charge in [0.05, 0.1) is 6.61 Å². The topological polar surface area (TPSA) is 38.3 Å². The average Bonchev–Trinajstić information content (AvgIpc) is 3.03. The van der Waals surface area contributed by atoms with Crippen molar-refractivity contribution in [1.29, 1.82) is 0 Å². The van der Waals surface area contributed by atoms with Crippen LogP contribution in [0.4, 0.5) is 0 Å². The summed E-state index contributed by atoms with van der Waals surface area (Å²) >= 11 is 0. The van der Waals surface area contributed by atoms with Crippen molar-refractivity contribution >= 4 is 5.78 Å². The number of hydrogen-bond acceptors (Lipinski definition) is 3. The van der Waals surface area contributed by atoms with Gasteiger partial charge in [-0.1, -0.05) is 0 Å². The highest BCUT2D eigenvalue weighted by atomic mass is 16.5. The van der Waals surface area contributed by atoms with E-state index >= 15 is 0 Å². The molecule has 1 aliphatic carbocycles. The third-order valence-electron chi connectivity index (χ3n) is 2.57. The van der Waals surface area contributed by atoms with Crippen molar-refractivity contribution in [2.24, 2.45) is 0 Å². The van der Waals surface area contributed by atoms with E-state index in [0.717, 1.165) is 19.4 Å². The molecule has 1 fully saturated rings. The fraction of sp³-hybridized carbons (Fsp3) is 0.727. The van der Waals surface area contributed by atoms with Crippen molar-refractivity contribution in [2.75, 3.05) is 13.2 Å². The maximum absolute atomic E-state index is 11.6. The van der Waals surface area contributed by atoms with Gasteiger partial charge in [0.15, 0.2) is 11.5 Å². The number of carbonyl (C=O) groups excluding carboxylic acids is 1. The van der Waals surface area contributed by atoms with Gasteiger partial charge in [0, 0.05) is 19.0 Å². The summed E-state index contributed by atoms with van der Waals surface area (Å²) in [7, 11) is 0. The van der Waals surface area contributed by atoms with Gasteiger partial charge < -0.3 is 10.1 Å². The Morgan fingerprint density at radius 1 is 1.57 bits per heavy atom. The van der Waals surface area contributed by atoms with Crippen LogP contribution in [0.3, 0.4) is 0 Å². The zero-order valence-corrected chi connectivity index (χ0v) is 8.42. The largest absolute Gasteiger partial charge is 0.490 e. The fourth-order valence-corrected chi connectivity index (χ4v) is 1.55. The Kier molecular flexibility index (Phi) is 3.19. The van der Waals surface area contributed by atoms with Gasteiger partial charge in [-0.2, -0.15) is 0 Å². The van der Waals surface area contributed by atoms with Gasteiger partial charge in [-0.05, 0) is 31.8 Å². The molecule has 0 saturated heterocycles. The monoisotopic (exact) mass is 195 g/mol. The second kappa shape index (κ2) is 4.60. The lowest BCUT2D eigenvalue weighted by Gasteiger charge is -2.13. The third-order valence-corrected chi connectivity index (χ3v) is 2.57. The van der Waals surface area contributed by atoms with Crippen LogP contribution in [0, 0.1) is 0 Å². The summed E-state index contributed by atoms with van der Waals surface area (Å²) in [4.78, 5) is 11.6. The summed E-state index contributed by atoms with van der Waals surface area (Å²) in [5.41, 5.74) is 0. The molecule has 0 aromatic heterocycles. The Balaban J connectivity index is 1.67. The van der Waals surface area contributed by atoms with Gasteiger partial charge in [-0.15, -0.1) is 0 Å². The van der Waals surface area contributed by atoms with Crippen molar-refractivity contribution in [1.82, 2.24) is 5.32 Å². The summed E-state index contributed by atoms with van der Waals surface area (Å²) in [5.74, 6) is 0.742. The molecule has 0 atom stereocenters. The molecular weight excluding hydrogens is 178 g/mol. The molecule has 2 rings (SSSR count). The van der Waals surface area contributed by atoms with E-state index in [2.05, 4.69) is 5.32 Å². The normalized spacial score (nSPS) is 21.3. The SMILES string of the molecule is O=C(CCNC1CC1)C1=CCCCO1. The van der Waals surface area contributed by atoms with Crippen LogP contribution >= 0.6 is 0 Å². The molecule has 1 saturated carbocycles. The second-order valence-corrected chi connectivity index (χ2v) is 3.96. The molecule has 0 aromatic carbocycles. The number of ether oxygens (including phenoxy) is 1. The fourth-order valence-electron chi connectivity index (χ4n) is 1.55. The van der Waals surface area contributed by atoms with Gasteiger partial charge in [0.1, 0.15) is 0 Å². The van der Waals surface area contributed by atoms with Crippen LogP contribution in [0.1, 0.15) is 32.1 Å². The van der Waals surface area contributed by atoms with Gasteiger partial charge in [0.2, 0.25) is 0 Å². The van der Waals surface area contributed by atoms with Crippen LogP contribution < -0.4 is 5.32 Å². The zero-order chi connectivity index (χ0) is 9.80. The predicted molar refractivity (Wildman–Crippen MR) is 53.9 cm³/mol. The van der Waals surface area contributed by atoms with Crippen LogP contribution in [0.25, 0.3) is 0 Å². The summed E-state index contributed by atoms with van der Waals surface area (Å²) < 4.78 is 5.30. The highest BCUT2D eigenvalue weighted by Gasteiger charge is 2.21. The molecule has 0 amide bonds. The predicted octanol–water partition coefficient (Wildman–Crippen LogP) is 1.39. The molecule has 0 aromatic rings. The van der Waals surface area contributed by atoms with Crippen molar-refractivity contribution < 1.29 is 9.53 Å². The van der Waals surface area contributed by atoms with Gasteiger partial charge in [-0.3, -0.25) is 4.79 Å². The number of rotatable bonds is 5. The van der Waals surface area contributed by atoms with E-state index < -0.39 is 0 Å². The second-order valence-electron chi connectivity index (χ2n) is 3.96. The molecule has 1 heterocycles. The van der Waals surface area contributed by atoms with E-state index in [0.29, 0.717) is 24.8 Å². The van der Waals surface area contributed by atoms with Crippen molar-refractivity contribution in [3.05, 3.63) is 11.8 Å². The summed E-state index contributed by atoms with van der Waals surface area (Å²) in [6.45, 7) is 1.50. The molecule has 2 aliphatic rings. The number of Topliss-reactive ketones (excluding diaryl/α,β-unsaturated/α-hetero) is 1. The maximum atomic E-state index is 11.6. The van der Waals surface area contributed by atoms with Crippen molar-refractivity contribution in [3.63, 3.8) is 0 Å². The van der Waals surface area contributed by atoms with Crippen LogP contribution in [0.2, 0.25) is 0 Å². The molecule has 1 aliphatic heterocycles. The molecular formula is C11H17NO2. The van der Waals surface area contributed by atoms with Gasteiger partial charge >= 0.3 is 0 Å². The van der Waals surface area contributed by atoms with E-state index in [-0.39, 0.29) is 5.78 Å². The van der Waals surface area contributed by atoms with Crippen LogP contribution in [-0.4, -0.2) is 25.0 Å². The van der Waals surface area contributed by atoms with E-state index in [1.54, 1.807) is 0 Å². The summed E-state index contributed by atoms with van der Waals surface area (Å²) in [6.07, 6.45) is 7.06. The first-order valence-electron chi connectivity index (χ1n) is 5.46. The first kappa shape index (κ1) is 9.71. The lowest BCUT2D eigenvalue weighted by molar-refractivity contribution is -0.119. The summed E-state index contributed by atoms with van der Waals surface area (Å²) in [5, 5.41) is 3.32. The summed E-state index contributed by atoms with van der Waals surface area (Å²) in [6, 6.07) is 0.684. The standard InChI is InChI=1S/C11H17NO2/c13-10(6-7-12-9-4-5-9)11-3-1-2-8-14-11/h3,9,12H,1-2,4-8H2. The highest BCUT2D eigenvalue weighted by molar-refractivity contribution is 5.93. The molecule has 0 unspecified atom stereocenters. The Morgan fingerprint density at radius 3 is 3.07 bits per heavy atom. The van der Waals surface area contributed by atoms with E-state index in [9.17, 15) is 4.79 Å². The Morgan fingerprint density at radius 2 is 2.43 bits per heavy atom. The van der Waals surface area contributed by atoms with Crippen molar-refractivity contribution in [3.8, 4) is 0 Å². The molecule has 1 N–H and O–H groups in total. The lowest BCUT2D eigenvalue weighted by atomic mass is 10.1. The Labute approximate surface area is 84.5 Å². The Bertz CT molecular complexity index is 244. The number of allylic oxidation sites excluding steroid dienone is 2. The number of ketones is 1. The quantitative estimate of drug-likeness (QED) is 0.720. The zero-order valence-electron chi connectivity index (χ0n) is 8.42. The number of nitrogens with one attached hydrogen (secondary N) is 1. The van der Waals surface area contributed by atoms with Crippen LogP contribution in [-0.2, 0) is 9.53 Å². The molecule has 78 valence electrons. The van der Waals surface area contributed by atoms with Gasteiger partial charge in [-0.25, -0.2) is 0 Å². The van der Waals surface area contributed by atoms with E-state index in [1.807, 2.05) is 6.08 Å². The first-order chi connectivity index (χ1) is 6.86. The molecule has 0 radical (unpaired) electrons. The smallest absolute Gasteiger partial charge is 0.198 e. The Hall–Kier alpha value is -0.830. The highest BCUT2D eigenvalue weighted by Crippen LogP contribution is 2.18. The molecule has 3 nitrogen and oxygen atoms in total. The lowest BCUT2D eigenvalue weighted by Crippen LogP contribution is -2.22. The maximum Gasteiger partial charge on any atom is 0.198 e. The molecule has 14 heavy (non-hydrogen) atoms. The van der Waals surface area contributed by atoms with Gasteiger partial charge in [0.25, 0.3) is 0 Å².